The third-order valence-corrected chi connectivity index (χ3v) is 10.3. The van der Waals surface area contributed by atoms with Gasteiger partial charge in [0.15, 0.2) is 11.4 Å². The third kappa shape index (κ3) is 7.75. The average molecular weight is 704 g/mol. The quantitative estimate of drug-likeness (QED) is 0.173. The number of rotatable bonds is 9. The molecule has 1 atom stereocenters. The van der Waals surface area contributed by atoms with Gasteiger partial charge in [-0.25, -0.2) is 14.4 Å². The van der Waals surface area contributed by atoms with E-state index < -0.39 is 5.60 Å². The smallest absolute Gasteiger partial charge is 0.258 e. The number of carbonyl (C=O) groups is 2. The summed E-state index contributed by atoms with van der Waals surface area (Å²) in [4.78, 5) is 40.3. The summed E-state index contributed by atoms with van der Waals surface area (Å²) >= 11 is 0. The minimum Gasteiger partial charge on any atom is -0.367 e. The van der Waals surface area contributed by atoms with E-state index in [2.05, 4.69) is 70.5 Å². The molecular formula is C41H46FN7O3. The number of piperidine rings is 1. The summed E-state index contributed by atoms with van der Waals surface area (Å²) in [5.41, 5.74) is 5.36. The molecule has 2 aliphatic heterocycles. The zero-order valence-corrected chi connectivity index (χ0v) is 30.3. The first-order valence-corrected chi connectivity index (χ1v) is 18.0. The molecule has 0 bridgehead atoms. The summed E-state index contributed by atoms with van der Waals surface area (Å²) in [5, 5.41) is 11.3. The molecule has 0 radical (unpaired) electrons. The minimum atomic E-state index is -1.08. The van der Waals surface area contributed by atoms with Gasteiger partial charge in [-0.1, -0.05) is 45.0 Å². The van der Waals surface area contributed by atoms with E-state index in [9.17, 15) is 14.0 Å². The lowest BCUT2D eigenvalue weighted by atomic mass is 9.88. The average Bonchev–Trinajstić information content (AvgIpc) is 3.76. The molecule has 5 aromatic rings. The number of hydrogen-bond donors (Lipinski definition) is 2. The molecule has 0 aliphatic carbocycles. The lowest BCUT2D eigenvalue weighted by Gasteiger charge is -2.33. The summed E-state index contributed by atoms with van der Waals surface area (Å²) in [7, 11) is 1.55. The number of methoxy groups -OCH3 is 1. The fourth-order valence-electron chi connectivity index (χ4n) is 7.47. The molecule has 2 aromatic heterocycles. The zero-order chi connectivity index (χ0) is 36.5. The van der Waals surface area contributed by atoms with Crippen molar-refractivity contribution in [3.05, 3.63) is 96.1 Å². The Kier molecular flexibility index (Phi) is 9.91. The van der Waals surface area contributed by atoms with Gasteiger partial charge in [-0.05, 0) is 90.6 Å². The standard InChI is InChI=1S/C41H46FN7O3/c1-40(2,3)22-27-23-43-38(44-24-27)31-7-5-28(6-8-31)29-15-18-49(19-16-29)36(50)25-48-20-17-41(26-48,52-4)39(51)45-33-13-14-35-34(21-33)37(47-46-35)30-9-11-32(42)12-10-30/h5-14,21,23-24,29H,15-20,22,25-26H2,1-4H3,(H,45,51)(H,46,47). The first-order chi connectivity index (χ1) is 25.0. The van der Waals surface area contributed by atoms with Gasteiger partial charge in [0.1, 0.15) is 5.82 Å². The highest BCUT2D eigenvalue weighted by atomic mass is 19.1. The predicted molar refractivity (Wildman–Crippen MR) is 200 cm³/mol. The van der Waals surface area contributed by atoms with Crippen LogP contribution in [0.3, 0.4) is 0 Å². The summed E-state index contributed by atoms with van der Waals surface area (Å²) in [6, 6.07) is 20.2. The number of carbonyl (C=O) groups excluding carboxylic acids is 2. The van der Waals surface area contributed by atoms with Crippen LogP contribution in [0.25, 0.3) is 33.5 Å². The highest BCUT2D eigenvalue weighted by Crippen LogP contribution is 2.33. The Bertz CT molecular complexity index is 2030. The molecular weight excluding hydrogens is 657 g/mol. The van der Waals surface area contributed by atoms with Gasteiger partial charge in [-0.15, -0.1) is 0 Å². The Morgan fingerprint density at radius 1 is 0.962 bits per heavy atom. The van der Waals surface area contributed by atoms with Gasteiger partial charge in [-0.3, -0.25) is 19.6 Å². The normalized spacial score (nSPS) is 18.6. The molecule has 4 heterocycles. The van der Waals surface area contributed by atoms with Gasteiger partial charge in [0.2, 0.25) is 5.91 Å². The maximum absolute atomic E-state index is 13.7. The number of aromatic nitrogens is 4. The van der Waals surface area contributed by atoms with Crippen LogP contribution in [0.15, 0.2) is 79.1 Å². The van der Waals surface area contributed by atoms with Crippen molar-refractivity contribution in [1.82, 2.24) is 30.0 Å². The zero-order valence-electron chi connectivity index (χ0n) is 30.3. The summed E-state index contributed by atoms with van der Waals surface area (Å²) in [6.07, 6.45) is 7.07. The molecule has 10 nitrogen and oxygen atoms in total. The fraction of sp³-hybridized carbons (Fsp3) is 0.390. The second-order valence-electron chi connectivity index (χ2n) is 15.4. The van der Waals surface area contributed by atoms with Crippen LogP contribution in [0.4, 0.5) is 10.1 Å². The van der Waals surface area contributed by atoms with Crippen molar-refractivity contribution in [3.63, 3.8) is 0 Å². The second-order valence-corrected chi connectivity index (χ2v) is 15.4. The molecule has 3 aromatic carbocycles. The number of likely N-dealkylation sites (tertiary alicyclic amines) is 2. The van der Waals surface area contributed by atoms with Gasteiger partial charge in [-0.2, -0.15) is 5.10 Å². The summed E-state index contributed by atoms with van der Waals surface area (Å²) < 4.78 is 19.4. The van der Waals surface area contributed by atoms with E-state index in [1.54, 1.807) is 19.2 Å². The molecule has 1 unspecified atom stereocenters. The second kappa shape index (κ2) is 14.6. The Morgan fingerprint density at radius 3 is 2.33 bits per heavy atom. The molecule has 11 heteroatoms. The molecule has 2 N–H and O–H groups in total. The number of amides is 2. The first kappa shape index (κ1) is 35.4. The number of anilines is 1. The highest BCUT2D eigenvalue weighted by molar-refractivity contribution is 6.01. The first-order valence-electron chi connectivity index (χ1n) is 18.0. The number of aromatic amines is 1. The molecule has 0 spiro atoms. The van der Waals surface area contributed by atoms with Crippen LogP contribution in [0.5, 0.6) is 0 Å². The van der Waals surface area contributed by atoms with Crippen LogP contribution >= 0.6 is 0 Å². The van der Waals surface area contributed by atoms with E-state index in [0.717, 1.165) is 52.7 Å². The predicted octanol–water partition coefficient (Wildman–Crippen LogP) is 6.85. The number of H-pyrrole nitrogens is 1. The fourth-order valence-corrected chi connectivity index (χ4v) is 7.47. The van der Waals surface area contributed by atoms with Crippen LogP contribution in [-0.2, 0) is 20.7 Å². The number of ether oxygens (including phenoxy) is 1. The van der Waals surface area contributed by atoms with Gasteiger partial charge in [0.05, 0.1) is 17.8 Å². The molecule has 2 saturated heterocycles. The monoisotopic (exact) mass is 703 g/mol. The van der Waals surface area contributed by atoms with E-state index in [4.69, 9.17) is 4.74 Å². The van der Waals surface area contributed by atoms with Crippen LogP contribution < -0.4 is 5.32 Å². The van der Waals surface area contributed by atoms with Crippen LogP contribution in [0, 0.1) is 11.2 Å². The molecule has 270 valence electrons. The number of halogens is 1. The largest absolute Gasteiger partial charge is 0.367 e. The molecule has 2 amide bonds. The summed E-state index contributed by atoms with van der Waals surface area (Å²) in [5.74, 6) is 0.618. The van der Waals surface area contributed by atoms with Gasteiger partial charge in [0.25, 0.3) is 5.91 Å². The lowest BCUT2D eigenvalue weighted by Crippen LogP contribution is -2.48. The molecule has 0 saturated carbocycles. The Labute approximate surface area is 303 Å². The number of benzene rings is 3. The van der Waals surface area contributed by atoms with Crippen LogP contribution in [0.1, 0.15) is 57.1 Å². The van der Waals surface area contributed by atoms with Gasteiger partial charge in [0, 0.05) is 67.9 Å². The van der Waals surface area contributed by atoms with Crippen molar-refractivity contribution in [2.75, 3.05) is 45.2 Å². The van der Waals surface area contributed by atoms with Crippen molar-refractivity contribution in [1.29, 1.82) is 0 Å². The maximum Gasteiger partial charge on any atom is 0.258 e. The molecule has 2 aliphatic rings. The Morgan fingerprint density at radius 2 is 1.65 bits per heavy atom. The third-order valence-electron chi connectivity index (χ3n) is 10.3. The van der Waals surface area contributed by atoms with Crippen LogP contribution in [0.2, 0.25) is 0 Å². The number of fused-ring (bicyclic) bond motifs is 1. The van der Waals surface area contributed by atoms with Gasteiger partial charge < -0.3 is 15.0 Å². The van der Waals surface area contributed by atoms with E-state index in [1.165, 1.54) is 17.7 Å². The topological polar surface area (TPSA) is 116 Å². The Hall–Kier alpha value is -5.00. The minimum absolute atomic E-state index is 0.0758. The molecule has 7 rings (SSSR count). The van der Waals surface area contributed by atoms with E-state index in [0.29, 0.717) is 49.9 Å². The van der Waals surface area contributed by atoms with Crippen molar-refractivity contribution in [2.24, 2.45) is 5.41 Å². The maximum atomic E-state index is 13.7. The number of hydrogen-bond acceptors (Lipinski definition) is 7. The molecule has 52 heavy (non-hydrogen) atoms. The van der Waals surface area contributed by atoms with Gasteiger partial charge >= 0.3 is 0 Å². The van der Waals surface area contributed by atoms with E-state index >= 15 is 0 Å². The number of nitrogens with one attached hydrogen (secondary N) is 2. The summed E-state index contributed by atoms with van der Waals surface area (Å²) in [6.45, 7) is 9.17. The van der Waals surface area contributed by atoms with Crippen LogP contribution in [-0.4, -0.2) is 87.2 Å². The highest BCUT2D eigenvalue weighted by Gasteiger charge is 2.45. The Balaban J connectivity index is 0.912. The number of nitrogens with zero attached hydrogens (tertiary/aromatic N) is 5. The SMILES string of the molecule is COC1(C(=O)Nc2ccc3[nH]nc(-c4ccc(F)cc4)c3c2)CCN(CC(=O)N2CCC(c3ccc(-c4ncc(CC(C)(C)C)cn4)cc3)CC2)C1. The van der Waals surface area contributed by atoms with Crippen molar-refractivity contribution >= 4 is 28.4 Å². The van der Waals surface area contributed by atoms with Crippen molar-refractivity contribution in [3.8, 4) is 22.6 Å². The van der Waals surface area contributed by atoms with Crippen molar-refractivity contribution < 1.29 is 18.7 Å². The van der Waals surface area contributed by atoms with E-state index in [-0.39, 0.29) is 29.6 Å². The van der Waals surface area contributed by atoms with E-state index in [1.807, 2.05) is 40.4 Å². The lowest BCUT2D eigenvalue weighted by molar-refractivity contribution is -0.138. The molecule has 2 fully saturated rings. The van der Waals surface area contributed by atoms with Crippen molar-refractivity contribution in [2.45, 2.75) is 58.0 Å².